The van der Waals surface area contributed by atoms with E-state index in [2.05, 4.69) is 36.2 Å². The highest BCUT2D eigenvalue weighted by molar-refractivity contribution is 8.00. The first kappa shape index (κ1) is 17.6. The van der Waals surface area contributed by atoms with Gasteiger partial charge in [0.1, 0.15) is 0 Å². The number of benzene rings is 1. The number of hydrogen-bond donors (Lipinski definition) is 1. The SMILES string of the molecule is CC(c1ccc(SC2CCCCC2)cc1)C(C)(O)Cn1ccnc1. The zero-order chi connectivity index (χ0) is 17.0. The number of hydrogen-bond acceptors (Lipinski definition) is 3. The van der Waals surface area contributed by atoms with Gasteiger partial charge in [0.05, 0.1) is 18.5 Å². The monoisotopic (exact) mass is 344 g/mol. The van der Waals surface area contributed by atoms with Gasteiger partial charge in [-0.25, -0.2) is 4.98 Å². The van der Waals surface area contributed by atoms with Crippen molar-refractivity contribution >= 4 is 11.8 Å². The summed E-state index contributed by atoms with van der Waals surface area (Å²) in [6.07, 6.45) is 12.3. The molecule has 0 bridgehead atoms. The number of rotatable bonds is 6. The van der Waals surface area contributed by atoms with E-state index in [1.165, 1.54) is 42.6 Å². The van der Waals surface area contributed by atoms with Crippen LogP contribution in [0.25, 0.3) is 0 Å². The highest BCUT2D eigenvalue weighted by Gasteiger charge is 2.30. The number of imidazole rings is 1. The van der Waals surface area contributed by atoms with Crippen LogP contribution in [0, 0.1) is 0 Å². The summed E-state index contributed by atoms with van der Waals surface area (Å²) in [5, 5.41) is 11.7. The molecule has 1 N–H and O–H groups in total. The van der Waals surface area contributed by atoms with Gasteiger partial charge in [-0.1, -0.05) is 38.3 Å². The lowest BCUT2D eigenvalue weighted by atomic mass is 9.85. The minimum Gasteiger partial charge on any atom is -0.388 e. The van der Waals surface area contributed by atoms with E-state index in [0.717, 1.165) is 5.25 Å². The Bertz CT molecular complexity index is 616. The third-order valence-corrected chi connectivity index (χ3v) is 6.58. The van der Waals surface area contributed by atoms with Gasteiger partial charge in [-0.2, -0.15) is 0 Å². The number of nitrogens with zero attached hydrogens (tertiary/aromatic N) is 2. The van der Waals surface area contributed by atoms with E-state index in [4.69, 9.17) is 0 Å². The van der Waals surface area contributed by atoms with Gasteiger partial charge in [-0.3, -0.25) is 0 Å². The summed E-state index contributed by atoms with van der Waals surface area (Å²) < 4.78 is 1.93. The second-order valence-electron chi connectivity index (χ2n) is 7.26. The van der Waals surface area contributed by atoms with Gasteiger partial charge in [0, 0.05) is 28.5 Å². The van der Waals surface area contributed by atoms with Crippen LogP contribution in [-0.4, -0.2) is 25.5 Å². The Labute approximate surface area is 149 Å². The average molecular weight is 345 g/mol. The highest BCUT2D eigenvalue weighted by atomic mass is 32.2. The molecule has 2 unspecified atom stereocenters. The van der Waals surface area contributed by atoms with Gasteiger partial charge in [0.25, 0.3) is 0 Å². The van der Waals surface area contributed by atoms with Gasteiger partial charge in [0.15, 0.2) is 0 Å². The van der Waals surface area contributed by atoms with E-state index in [0.29, 0.717) is 6.54 Å². The van der Waals surface area contributed by atoms with Crippen molar-refractivity contribution in [2.45, 2.75) is 74.2 Å². The smallest absolute Gasteiger partial charge is 0.0946 e. The van der Waals surface area contributed by atoms with Gasteiger partial charge >= 0.3 is 0 Å². The maximum atomic E-state index is 10.9. The first-order valence-corrected chi connectivity index (χ1v) is 9.87. The molecule has 1 aliphatic carbocycles. The molecule has 4 heteroatoms. The first-order valence-electron chi connectivity index (χ1n) is 8.99. The fraction of sp³-hybridized carbons (Fsp3) is 0.550. The fourth-order valence-corrected chi connectivity index (χ4v) is 4.70. The largest absolute Gasteiger partial charge is 0.388 e. The minimum atomic E-state index is -0.807. The second kappa shape index (κ2) is 7.75. The highest BCUT2D eigenvalue weighted by Crippen LogP contribution is 2.35. The molecule has 1 fully saturated rings. The lowest BCUT2D eigenvalue weighted by Crippen LogP contribution is -2.35. The Morgan fingerprint density at radius 3 is 2.58 bits per heavy atom. The Hall–Kier alpha value is -1.26. The molecule has 1 saturated carbocycles. The minimum absolute atomic E-state index is 0.0635. The topological polar surface area (TPSA) is 38.0 Å². The molecule has 2 aromatic rings. The summed E-state index contributed by atoms with van der Waals surface area (Å²) in [7, 11) is 0. The Balaban J connectivity index is 1.63. The Kier molecular flexibility index (Phi) is 5.67. The van der Waals surface area contributed by atoms with Crippen molar-refractivity contribution in [3.8, 4) is 0 Å². The van der Waals surface area contributed by atoms with E-state index in [9.17, 15) is 5.11 Å². The standard InChI is InChI=1S/C20H28N2OS/c1-16(20(2,23)14-22-13-12-21-15-22)17-8-10-19(11-9-17)24-18-6-4-3-5-7-18/h8-13,15-16,18,23H,3-7,14H2,1-2H3. The van der Waals surface area contributed by atoms with Gasteiger partial charge in [-0.15, -0.1) is 11.8 Å². The molecule has 1 heterocycles. The van der Waals surface area contributed by atoms with Gasteiger partial charge < -0.3 is 9.67 Å². The second-order valence-corrected chi connectivity index (χ2v) is 8.63. The van der Waals surface area contributed by atoms with Crippen molar-refractivity contribution in [3.05, 3.63) is 48.5 Å². The molecule has 0 aliphatic heterocycles. The summed E-state index contributed by atoms with van der Waals surface area (Å²) in [6, 6.07) is 8.80. The molecule has 1 aliphatic rings. The van der Waals surface area contributed by atoms with Crippen LogP contribution in [-0.2, 0) is 6.54 Å². The molecule has 1 aromatic heterocycles. The lowest BCUT2D eigenvalue weighted by molar-refractivity contribution is 0.0188. The number of thioether (sulfide) groups is 1. The molecule has 0 spiro atoms. The summed E-state index contributed by atoms with van der Waals surface area (Å²) in [6.45, 7) is 4.55. The lowest BCUT2D eigenvalue weighted by Gasteiger charge is -2.31. The van der Waals surface area contributed by atoms with E-state index < -0.39 is 5.60 Å². The fourth-order valence-electron chi connectivity index (χ4n) is 3.46. The average Bonchev–Trinajstić information content (AvgIpc) is 3.08. The van der Waals surface area contributed by atoms with Crippen LogP contribution in [0.5, 0.6) is 0 Å². The van der Waals surface area contributed by atoms with E-state index >= 15 is 0 Å². The molecule has 0 radical (unpaired) electrons. The molecular formula is C20H28N2OS. The van der Waals surface area contributed by atoms with Crippen molar-refractivity contribution < 1.29 is 5.11 Å². The molecule has 2 atom stereocenters. The van der Waals surface area contributed by atoms with Crippen LogP contribution in [0.1, 0.15) is 57.4 Å². The van der Waals surface area contributed by atoms with Crippen molar-refractivity contribution in [2.24, 2.45) is 0 Å². The maximum absolute atomic E-state index is 10.9. The Morgan fingerprint density at radius 2 is 1.96 bits per heavy atom. The normalized spacial score (nSPS) is 19.8. The molecular weight excluding hydrogens is 316 g/mol. The molecule has 3 nitrogen and oxygen atoms in total. The van der Waals surface area contributed by atoms with E-state index in [1.54, 1.807) is 12.5 Å². The van der Waals surface area contributed by atoms with E-state index in [-0.39, 0.29) is 5.92 Å². The third-order valence-electron chi connectivity index (χ3n) is 5.23. The van der Waals surface area contributed by atoms with Crippen LogP contribution >= 0.6 is 11.8 Å². The quantitative estimate of drug-likeness (QED) is 0.813. The van der Waals surface area contributed by atoms with Gasteiger partial charge in [0.2, 0.25) is 0 Å². The van der Waals surface area contributed by atoms with Crippen molar-refractivity contribution in [1.29, 1.82) is 0 Å². The van der Waals surface area contributed by atoms with Crippen molar-refractivity contribution in [2.75, 3.05) is 0 Å². The molecule has 0 saturated heterocycles. The van der Waals surface area contributed by atoms with E-state index in [1.807, 2.05) is 29.4 Å². The zero-order valence-electron chi connectivity index (χ0n) is 14.7. The molecule has 24 heavy (non-hydrogen) atoms. The summed E-state index contributed by atoms with van der Waals surface area (Å²) in [5.74, 6) is 0.0635. The zero-order valence-corrected chi connectivity index (χ0v) is 15.5. The van der Waals surface area contributed by atoms with Crippen molar-refractivity contribution in [3.63, 3.8) is 0 Å². The van der Waals surface area contributed by atoms with Crippen LogP contribution in [0.2, 0.25) is 0 Å². The predicted octanol–water partition coefficient (Wildman–Crippen LogP) is 4.86. The third kappa shape index (κ3) is 4.42. The first-order chi connectivity index (χ1) is 11.5. The molecule has 130 valence electrons. The van der Waals surface area contributed by atoms with Crippen LogP contribution < -0.4 is 0 Å². The molecule has 0 amide bonds. The van der Waals surface area contributed by atoms with Crippen molar-refractivity contribution in [1.82, 2.24) is 9.55 Å². The van der Waals surface area contributed by atoms with Crippen LogP contribution in [0.4, 0.5) is 0 Å². The maximum Gasteiger partial charge on any atom is 0.0946 e. The summed E-state index contributed by atoms with van der Waals surface area (Å²) in [5.41, 5.74) is 0.381. The Morgan fingerprint density at radius 1 is 1.25 bits per heavy atom. The molecule has 3 rings (SSSR count). The van der Waals surface area contributed by atoms with Crippen LogP contribution in [0.3, 0.4) is 0 Å². The summed E-state index contributed by atoms with van der Waals surface area (Å²) in [4.78, 5) is 5.41. The number of aromatic nitrogens is 2. The van der Waals surface area contributed by atoms with Crippen LogP contribution in [0.15, 0.2) is 47.9 Å². The summed E-state index contributed by atoms with van der Waals surface area (Å²) >= 11 is 2.02. The predicted molar refractivity (Wildman–Crippen MR) is 100 cm³/mol. The van der Waals surface area contributed by atoms with Gasteiger partial charge in [-0.05, 0) is 37.5 Å². The molecule has 1 aromatic carbocycles. The number of aliphatic hydroxyl groups is 1.